The Bertz CT molecular complexity index is 369. The second-order valence-corrected chi connectivity index (χ2v) is 8.32. The standard InChI is InChI=1S/C17H32N2O2/c1-16(2,3)13-9-11-19(12-10-13)15(21)8-7-14(20)18-17(4,5)6/h13H,7-12H2,1-6H3,(H,18,20). The van der Waals surface area contributed by atoms with E-state index in [1.54, 1.807) is 0 Å². The molecule has 122 valence electrons. The highest BCUT2D eigenvalue weighted by Gasteiger charge is 2.30. The third kappa shape index (κ3) is 6.49. The molecule has 1 saturated heterocycles. The van der Waals surface area contributed by atoms with Crippen molar-refractivity contribution in [1.29, 1.82) is 0 Å². The molecule has 2 amide bonds. The molecule has 0 atom stereocenters. The van der Waals surface area contributed by atoms with Crippen molar-refractivity contribution in [3.8, 4) is 0 Å². The van der Waals surface area contributed by atoms with Crippen molar-refractivity contribution in [1.82, 2.24) is 10.2 Å². The average molecular weight is 296 g/mol. The predicted octanol–water partition coefficient (Wildman–Crippen LogP) is 2.97. The first-order valence-electron chi connectivity index (χ1n) is 8.08. The van der Waals surface area contributed by atoms with E-state index in [1.165, 1.54) is 0 Å². The minimum absolute atomic E-state index is 0.0413. The van der Waals surface area contributed by atoms with E-state index in [4.69, 9.17) is 0 Å². The molecule has 0 spiro atoms. The van der Waals surface area contributed by atoms with Crippen molar-refractivity contribution in [3.05, 3.63) is 0 Å². The molecule has 1 aliphatic rings. The fourth-order valence-electron chi connectivity index (χ4n) is 2.85. The summed E-state index contributed by atoms with van der Waals surface area (Å²) < 4.78 is 0. The van der Waals surface area contributed by atoms with Crippen LogP contribution in [0.25, 0.3) is 0 Å². The number of carbonyl (C=O) groups is 2. The van der Waals surface area contributed by atoms with E-state index in [0.717, 1.165) is 25.9 Å². The summed E-state index contributed by atoms with van der Waals surface area (Å²) in [7, 11) is 0. The topological polar surface area (TPSA) is 49.4 Å². The molecule has 0 aromatic rings. The van der Waals surface area contributed by atoms with E-state index >= 15 is 0 Å². The lowest BCUT2D eigenvalue weighted by atomic mass is 9.75. The highest BCUT2D eigenvalue weighted by Crippen LogP contribution is 2.34. The number of rotatable bonds is 3. The summed E-state index contributed by atoms with van der Waals surface area (Å²) >= 11 is 0. The van der Waals surface area contributed by atoms with Gasteiger partial charge >= 0.3 is 0 Å². The van der Waals surface area contributed by atoms with Crippen molar-refractivity contribution in [3.63, 3.8) is 0 Å². The zero-order valence-electron chi connectivity index (χ0n) is 14.6. The highest BCUT2D eigenvalue weighted by molar-refractivity contribution is 5.84. The van der Waals surface area contributed by atoms with Crippen LogP contribution in [0.15, 0.2) is 0 Å². The van der Waals surface area contributed by atoms with Crippen LogP contribution in [0, 0.1) is 11.3 Å². The maximum Gasteiger partial charge on any atom is 0.223 e. The quantitative estimate of drug-likeness (QED) is 0.870. The van der Waals surface area contributed by atoms with Crippen molar-refractivity contribution >= 4 is 11.8 Å². The van der Waals surface area contributed by atoms with Gasteiger partial charge < -0.3 is 10.2 Å². The molecule has 0 radical (unpaired) electrons. The number of carbonyl (C=O) groups excluding carboxylic acids is 2. The van der Waals surface area contributed by atoms with Gasteiger partial charge in [0.1, 0.15) is 0 Å². The molecule has 0 aromatic carbocycles. The molecule has 1 rings (SSSR count). The minimum atomic E-state index is -0.231. The smallest absolute Gasteiger partial charge is 0.223 e. The van der Waals surface area contributed by atoms with Gasteiger partial charge in [0.15, 0.2) is 0 Å². The van der Waals surface area contributed by atoms with Crippen LogP contribution >= 0.6 is 0 Å². The third-order valence-electron chi connectivity index (χ3n) is 4.15. The van der Waals surface area contributed by atoms with E-state index in [1.807, 2.05) is 25.7 Å². The Kier molecular flexibility index (Phi) is 5.83. The molecule has 21 heavy (non-hydrogen) atoms. The van der Waals surface area contributed by atoms with Gasteiger partial charge in [0.05, 0.1) is 0 Å². The largest absolute Gasteiger partial charge is 0.351 e. The van der Waals surface area contributed by atoms with Crippen molar-refractivity contribution in [2.45, 2.75) is 72.8 Å². The first-order chi connectivity index (χ1) is 9.49. The number of nitrogens with one attached hydrogen (secondary N) is 1. The molecule has 0 bridgehead atoms. The molecule has 1 N–H and O–H groups in total. The molecule has 4 nitrogen and oxygen atoms in total. The van der Waals surface area contributed by atoms with Crippen LogP contribution in [0.3, 0.4) is 0 Å². The van der Waals surface area contributed by atoms with Crippen molar-refractivity contribution in [2.75, 3.05) is 13.1 Å². The Morgan fingerprint density at radius 3 is 1.95 bits per heavy atom. The number of hydrogen-bond donors (Lipinski definition) is 1. The molecule has 1 heterocycles. The van der Waals surface area contributed by atoms with Crippen LogP contribution in [0.4, 0.5) is 0 Å². The van der Waals surface area contributed by atoms with Crippen LogP contribution in [0.1, 0.15) is 67.2 Å². The number of nitrogens with zero attached hydrogens (tertiary/aromatic N) is 1. The second kappa shape index (κ2) is 6.80. The fourth-order valence-corrected chi connectivity index (χ4v) is 2.85. The number of piperidine rings is 1. The van der Waals surface area contributed by atoms with Crippen molar-refractivity contribution in [2.24, 2.45) is 11.3 Å². The summed E-state index contributed by atoms with van der Waals surface area (Å²) in [4.78, 5) is 25.8. The molecular weight excluding hydrogens is 264 g/mol. The van der Waals surface area contributed by atoms with Gasteiger partial charge in [0.2, 0.25) is 11.8 Å². The normalized spacial score (nSPS) is 17.7. The van der Waals surface area contributed by atoms with Crippen LogP contribution in [-0.4, -0.2) is 35.3 Å². The lowest BCUT2D eigenvalue weighted by Gasteiger charge is -2.38. The van der Waals surface area contributed by atoms with E-state index in [0.29, 0.717) is 17.8 Å². The zero-order chi connectivity index (χ0) is 16.3. The van der Waals surface area contributed by atoms with E-state index in [9.17, 15) is 9.59 Å². The first kappa shape index (κ1) is 18.0. The number of amides is 2. The molecule has 0 aromatic heterocycles. The Hall–Kier alpha value is -1.06. The maximum atomic E-state index is 12.2. The highest BCUT2D eigenvalue weighted by atomic mass is 16.2. The molecule has 0 saturated carbocycles. The SMILES string of the molecule is CC(C)(C)NC(=O)CCC(=O)N1CCC(C(C)(C)C)CC1. The summed E-state index contributed by atoms with van der Waals surface area (Å²) in [5.74, 6) is 0.762. The van der Waals surface area contributed by atoms with Crippen LogP contribution in [0.2, 0.25) is 0 Å². The maximum absolute atomic E-state index is 12.2. The second-order valence-electron chi connectivity index (χ2n) is 8.32. The molecule has 4 heteroatoms. The Labute approximate surface area is 129 Å². The van der Waals surface area contributed by atoms with Gasteiger partial charge in [-0.15, -0.1) is 0 Å². The Balaban J connectivity index is 2.33. The van der Waals surface area contributed by atoms with E-state index in [-0.39, 0.29) is 23.8 Å². The van der Waals surface area contributed by atoms with Gasteiger partial charge in [-0.25, -0.2) is 0 Å². The Morgan fingerprint density at radius 1 is 1.00 bits per heavy atom. The summed E-state index contributed by atoms with van der Waals surface area (Å²) in [6, 6.07) is 0. The molecule has 0 unspecified atom stereocenters. The fraction of sp³-hybridized carbons (Fsp3) is 0.882. The van der Waals surface area contributed by atoms with Gasteiger partial charge in [-0.1, -0.05) is 20.8 Å². The van der Waals surface area contributed by atoms with E-state index < -0.39 is 0 Å². The van der Waals surface area contributed by atoms with Gasteiger partial charge in [-0.3, -0.25) is 9.59 Å². The molecule has 0 aliphatic carbocycles. The molecular formula is C17H32N2O2. The predicted molar refractivity (Wildman–Crippen MR) is 85.9 cm³/mol. The van der Waals surface area contributed by atoms with Gasteiger partial charge in [0, 0.05) is 31.5 Å². The van der Waals surface area contributed by atoms with Crippen LogP contribution < -0.4 is 5.32 Å². The van der Waals surface area contributed by atoms with Gasteiger partial charge in [-0.2, -0.15) is 0 Å². The molecule has 1 fully saturated rings. The van der Waals surface area contributed by atoms with Gasteiger partial charge in [-0.05, 0) is 44.9 Å². The lowest BCUT2D eigenvalue weighted by Crippen LogP contribution is -2.43. The minimum Gasteiger partial charge on any atom is -0.351 e. The Morgan fingerprint density at radius 2 is 1.52 bits per heavy atom. The van der Waals surface area contributed by atoms with Crippen LogP contribution in [0.5, 0.6) is 0 Å². The summed E-state index contributed by atoms with van der Waals surface area (Å²) in [5, 5.41) is 2.89. The lowest BCUT2D eigenvalue weighted by molar-refractivity contribution is -0.135. The van der Waals surface area contributed by atoms with Crippen molar-refractivity contribution < 1.29 is 9.59 Å². The van der Waals surface area contributed by atoms with Gasteiger partial charge in [0.25, 0.3) is 0 Å². The molecule has 1 aliphatic heterocycles. The average Bonchev–Trinajstić information content (AvgIpc) is 2.33. The summed E-state index contributed by atoms with van der Waals surface area (Å²) in [5.41, 5.74) is 0.0902. The summed E-state index contributed by atoms with van der Waals surface area (Å²) in [6.07, 6.45) is 2.75. The summed E-state index contributed by atoms with van der Waals surface area (Å²) in [6.45, 7) is 14.3. The van der Waals surface area contributed by atoms with Crippen LogP contribution in [-0.2, 0) is 9.59 Å². The zero-order valence-corrected chi connectivity index (χ0v) is 14.6. The monoisotopic (exact) mass is 296 g/mol. The van der Waals surface area contributed by atoms with E-state index in [2.05, 4.69) is 26.1 Å². The number of likely N-dealkylation sites (tertiary alicyclic amines) is 1. The third-order valence-corrected chi connectivity index (χ3v) is 4.15. The number of hydrogen-bond acceptors (Lipinski definition) is 2. The first-order valence-corrected chi connectivity index (χ1v) is 8.08.